The molecular weight excluding hydrogens is 438 g/mol. The average molecular weight is 462 g/mol. The van der Waals surface area contributed by atoms with Crippen LogP contribution in [0.3, 0.4) is 0 Å². The van der Waals surface area contributed by atoms with Gasteiger partial charge in [0.25, 0.3) is 5.91 Å². The van der Waals surface area contributed by atoms with Gasteiger partial charge < -0.3 is 15.4 Å². The van der Waals surface area contributed by atoms with Gasteiger partial charge in [-0.25, -0.2) is 9.86 Å². The van der Waals surface area contributed by atoms with E-state index in [9.17, 15) is 14.8 Å². The summed E-state index contributed by atoms with van der Waals surface area (Å²) in [5.41, 5.74) is 7.85. The van der Waals surface area contributed by atoms with Gasteiger partial charge in [-0.05, 0) is 60.7 Å². The van der Waals surface area contributed by atoms with Crippen molar-refractivity contribution >= 4 is 27.9 Å². The van der Waals surface area contributed by atoms with Gasteiger partial charge in [-0.15, -0.1) is 0 Å². The molecule has 0 unspecified atom stereocenters. The predicted octanol–water partition coefficient (Wildman–Crippen LogP) is 3.23. The van der Waals surface area contributed by atoms with Gasteiger partial charge in [0.15, 0.2) is 0 Å². The van der Waals surface area contributed by atoms with E-state index >= 15 is 0 Å². The van der Waals surface area contributed by atoms with Crippen molar-refractivity contribution in [3.63, 3.8) is 0 Å². The molecule has 0 radical (unpaired) electrons. The summed E-state index contributed by atoms with van der Waals surface area (Å²) in [6.07, 6.45) is 2.61. The van der Waals surface area contributed by atoms with Crippen LogP contribution < -0.4 is 10.5 Å². The summed E-state index contributed by atoms with van der Waals surface area (Å²) < 4.78 is 6.61. The second kappa shape index (κ2) is 9.76. The summed E-state index contributed by atoms with van der Waals surface area (Å²) in [6.45, 7) is 1.48. The number of fused-ring (bicyclic) bond motifs is 1. The molecule has 0 saturated heterocycles. The first-order chi connectivity index (χ1) is 13.9. The Hall–Kier alpha value is -2.58. The number of hydroxylamine groups is 2. The van der Waals surface area contributed by atoms with E-state index in [1.807, 2.05) is 23.1 Å². The Labute approximate surface area is 178 Å². The Morgan fingerprint density at radius 3 is 2.86 bits per heavy atom. The topological polar surface area (TPSA) is 96.1 Å². The van der Waals surface area contributed by atoms with E-state index in [4.69, 9.17) is 10.5 Å². The van der Waals surface area contributed by atoms with Gasteiger partial charge in [0.05, 0.1) is 6.54 Å². The van der Waals surface area contributed by atoms with Crippen LogP contribution in [-0.4, -0.2) is 53.3 Å². The van der Waals surface area contributed by atoms with Gasteiger partial charge >= 0.3 is 6.03 Å². The molecule has 0 fully saturated rings. The predicted molar refractivity (Wildman–Crippen MR) is 112 cm³/mol. The van der Waals surface area contributed by atoms with E-state index < -0.39 is 6.03 Å². The largest absolute Gasteiger partial charge is 0.492 e. The van der Waals surface area contributed by atoms with Gasteiger partial charge in [-0.2, -0.15) is 0 Å². The molecular formula is C21H24BrN3O4. The molecule has 0 atom stereocenters. The number of carbonyl (C=O) groups is 2. The van der Waals surface area contributed by atoms with E-state index in [0.29, 0.717) is 22.9 Å². The first-order valence-corrected chi connectivity index (χ1v) is 10.3. The van der Waals surface area contributed by atoms with E-state index in [1.165, 1.54) is 5.56 Å². The molecule has 0 saturated carbocycles. The summed E-state index contributed by atoms with van der Waals surface area (Å²) in [5, 5.41) is 9.64. The molecule has 0 aliphatic carbocycles. The Morgan fingerprint density at radius 2 is 2.10 bits per heavy atom. The normalized spacial score (nSPS) is 13.2. The third-order valence-electron chi connectivity index (χ3n) is 4.85. The number of aryl methyl sites for hydroxylation is 1. The zero-order chi connectivity index (χ0) is 20.8. The van der Waals surface area contributed by atoms with E-state index in [-0.39, 0.29) is 19.1 Å². The number of carbonyl (C=O) groups excluding carboxylic acids is 2. The number of nitrogens with zero attached hydrogens (tertiary/aromatic N) is 2. The van der Waals surface area contributed by atoms with Crippen molar-refractivity contribution in [3.8, 4) is 5.75 Å². The van der Waals surface area contributed by atoms with Crippen LogP contribution in [-0.2, 0) is 12.8 Å². The fourth-order valence-corrected chi connectivity index (χ4v) is 3.79. The lowest BCUT2D eigenvalue weighted by atomic mass is 9.98. The Bertz CT molecular complexity index is 890. The fraction of sp³-hybridized carbons (Fsp3) is 0.333. The van der Waals surface area contributed by atoms with Crippen molar-refractivity contribution in [2.45, 2.75) is 19.3 Å². The summed E-state index contributed by atoms with van der Waals surface area (Å²) in [5.74, 6) is 0.639. The van der Waals surface area contributed by atoms with Gasteiger partial charge in [0.1, 0.15) is 12.4 Å². The van der Waals surface area contributed by atoms with Crippen LogP contribution in [0.4, 0.5) is 4.79 Å². The minimum Gasteiger partial charge on any atom is -0.492 e. The lowest BCUT2D eigenvalue weighted by molar-refractivity contribution is -0.0464. The van der Waals surface area contributed by atoms with Gasteiger partial charge in [-0.3, -0.25) is 10.0 Å². The number of halogens is 1. The molecule has 8 heteroatoms. The van der Waals surface area contributed by atoms with Crippen LogP contribution in [0.25, 0.3) is 0 Å². The lowest BCUT2D eigenvalue weighted by Gasteiger charge is -2.29. The second-order valence-electron chi connectivity index (χ2n) is 6.90. The van der Waals surface area contributed by atoms with Crippen LogP contribution in [0.2, 0.25) is 0 Å². The third kappa shape index (κ3) is 5.71. The van der Waals surface area contributed by atoms with E-state index in [2.05, 4.69) is 28.1 Å². The maximum atomic E-state index is 12.8. The zero-order valence-corrected chi connectivity index (χ0v) is 17.6. The van der Waals surface area contributed by atoms with Crippen LogP contribution in [0, 0.1) is 0 Å². The van der Waals surface area contributed by atoms with Crippen molar-refractivity contribution in [2.24, 2.45) is 5.73 Å². The third-order valence-corrected chi connectivity index (χ3v) is 5.35. The Kier molecular flexibility index (Phi) is 7.11. The van der Waals surface area contributed by atoms with Gasteiger partial charge in [0.2, 0.25) is 0 Å². The Balaban J connectivity index is 1.52. The number of hydrogen-bond donors (Lipinski definition) is 2. The maximum absolute atomic E-state index is 12.8. The Morgan fingerprint density at radius 1 is 1.28 bits per heavy atom. The number of nitrogens with two attached hydrogens (primary N) is 1. The summed E-state index contributed by atoms with van der Waals surface area (Å²) in [4.78, 5) is 25.5. The van der Waals surface area contributed by atoms with Crippen LogP contribution in [0.1, 0.15) is 27.9 Å². The highest BCUT2D eigenvalue weighted by atomic mass is 79.9. The number of rotatable bonds is 8. The van der Waals surface area contributed by atoms with Crippen LogP contribution in [0.15, 0.2) is 46.9 Å². The first kappa shape index (κ1) is 21.1. The number of amides is 3. The number of hydrogen-bond acceptors (Lipinski definition) is 4. The number of urea groups is 1. The summed E-state index contributed by atoms with van der Waals surface area (Å²) in [6, 6.07) is 12.7. The first-order valence-electron chi connectivity index (χ1n) is 9.49. The van der Waals surface area contributed by atoms with Gasteiger partial charge in [0, 0.05) is 23.1 Å². The minimum absolute atomic E-state index is 0.0306. The molecule has 3 N–H and O–H groups in total. The minimum atomic E-state index is -0.926. The molecule has 0 spiro atoms. The zero-order valence-electron chi connectivity index (χ0n) is 16.0. The van der Waals surface area contributed by atoms with Crippen molar-refractivity contribution in [3.05, 3.63) is 63.6 Å². The highest BCUT2D eigenvalue weighted by molar-refractivity contribution is 9.10. The molecule has 2 aromatic rings. The average Bonchev–Trinajstić information content (AvgIpc) is 2.69. The fourth-order valence-electron chi connectivity index (χ4n) is 3.34. The molecule has 7 nitrogen and oxygen atoms in total. The molecule has 154 valence electrons. The van der Waals surface area contributed by atoms with Gasteiger partial charge in [-0.1, -0.05) is 28.1 Å². The van der Waals surface area contributed by atoms with Crippen molar-refractivity contribution < 1.29 is 19.5 Å². The molecule has 3 amide bonds. The monoisotopic (exact) mass is 461 g/mol. The van der Waals surface area contributed by atoms with Crippen molar-refractivity contribution in [1.82, 2.24) is 9.96 Å². The molecule has 1 aliphatic heterocycles. The van der Waals surface area contributed by atoms with Crippen molar-refractivity contribution in [1.29, 1.82) is 0 Å². The van der Waals surface area contributed by atoms with E-state index in [0.717, 1.165) is 35.8 Å². The molecule has 1 aliphatic rings. The quantitative estimate of drug-likeness (QED) is 0.465. The second-order valence-corrected chi connectivity index (χ2v) is 7.82. The standard InChI is InChI=1S/C21H24BrN3O4/c22-17-5-1-3-15(13-17)4-2-9-24-10-8-16-14-18(6-7-19(16)20(24)26)29-12-11-25(28)21(23)27/h1,3,5-7,13-14,28H,2,4,8-12H2,(H2,23,27). The number of primary amides is 1. The maximum Gasteiger partial charge on any atom is 0.338 e. The molecule has 3 rings (SSSR count). The molecule has 0 bridgehead atoms. The summed E-state index contributed by atoms with van der Waals surface area (Å²) in [7, 11) is 0. The molecule has 0 aromatic heterocycles. The number of ether oxygens (including phenoxy) is 1. The SMILES string of the molecule is NC(=O)N(O)CCOc1ccc2c(c1)CCN(CCCc1cccc(Br)c1)C2=O. The highest BCUT2D eigenvalue weighted by Gasteiger charge is 2.24. The molecule has 1 heterocycles. The van der Waals surface area contributed by atoms with E-state index in [1.54, 1.807) is 12.1 Å². The van der Waals surface area contributed by atoms with Crippen LogP contribution in [0.5, 0.6) is 5.75 Å². The number of benzene rings is 2. The summed E-state index contributed by atoms with van der Waals surface area (Å²) >= 11 is 3.48. The molecule has 2 aromatic carbocycles. The van der Waals surface area contributed by atoms with Crippen LogP contribution >= 0.6 is 15.9 Å². The lowest BCUT2D eigenvalue weighted by Crippen LogP contribution is -2.38. The highest BCUT2D eigenvalue weighted by Crippen LogP contribution is 2.24. The van der Waals surface area contributed by atoms with Crippen molar-refractivity contribution in [2.75, 3.05) is 26.2 Å². The molecule has 29 heavy (non-hydrogen) atoms. The smallest absolute Gasteiger partial charge is 0.338 e.